The van der Waals surface area contributed by atoms with Gasteiger partial charge in [-0.2, -0.15) is 0 Å². The molecule has 4 heteroatoms. The van der Waals surface area contributed by atoms with Crippen LogP contribution in [-0.2, 0) is 0 Å². The third-order valence-corrected chi connectivity index (χ3v) is 2.42. The van der Waals surface area contributed by atoms with Gasteiger partial charge in [-0.1, -0.05) is 0 Å². The van der Waals surface area contributed by atoms with Crippen LogP contribution in [0.4, 0.5) is 0 Å². The molecule has 2 aliphatic rings. The molecule has 0 aromatic heterocycles. The lowest BCUT2D eigenvalue weighted by Gasteiger charge is -1.90. The maximum Gasteiger partial charge on any atom is 0.335 e. The van der Waals surface area contributed by atoms with Crippen LogP contribution in [0.3, 0.4) is 0 Å². The van der Waals surface area contributed by atoms with Crippen molar-refractivity contribution in [2.45, 2.75) is 0 Å². The third-order valence-electron chi connectivity index (χ3n) is 1.58. The zero-order chi connectivity index (χ0) is 8.55. The molecule has 0 atom stereocenters. The molecular formula is C8H5NO2S. The SMILES string of the molecule is O=C(O)c1cc2cncsc-2c1. The number of hydrogen-bond donors (Lipinski definition) is 1. The molecule has 0 aromatic carbocycles. The summed E-state index contributed by atoms with van der Waals surface area (Å²) in [5.41, 5.74) is 2.91. The molecule has 60 valence electrons. The molecule has 3 nitrogen and oxygen atoms in total. The molecule has 1 N–H and O–H groups in total. The van der Waals surface area contributed by atoms with Crippen molar-refractivity contribution >= 4 is 17.3 Å². The molecule has 0 bridgehead atoms. The first kappa shape index (κ1) is 7.24. The first-order chi connectivity index (χ1) is 5.77. The fourth-order valence-corrected chi connectivity index (χ4v) is 1.71. The Hall–Kier alpha value is -1.42. The second-order valence-corrected chi connectivity index (χ2v) is 3.26. The van der Waals surface area contributed by atoms with Crippen LogP contribution in [0, 0.1) is 0 Å². The Labute approximate surface area is 72.6 Å². The Kier molecular flexibility index (Phi) is 1.55. The summed E-state index contributed by atoms with van der Waals surface area (Å²) in [4.78, 5) is 15.4. The van der Waals surface area contributed by atoms with E-state index in [9.17, 15) is 4.79 Å². The van der Waals surface area contributed by atoms with E-state index in [0.717, 1.165) is 10.4 Å². The Balaban J connectivity index is 2.63. The molecular weight excluding hydrogens is 174 g/mol. The van der Waals surface area contributed by atoms with Crippen molar-refractivity contribution in [3.8, 4) is 10.4 Å². The van der Waals surface area contributed by atoms with Gasteiger partial charge in [-0.25, -0.2) is 4.79 Å². The van der Waals surface area contributed by atoms with Gasteiger partial charge in [0.25, 0.3) is 0 Å². The zero-order valence-corrected chi connectivity index (χ0v) is 6.84. The molecule has 1 aliphatic carbocycles. The van der Waals surface area contributed by atoms with E-state index in [2.05, 4.69) is 4.98 Å². The lowest BCUT2D eigenvalue weighted by Crippen LogP contribution is -1.91. The number of aromatic carboxylic acids is 1. The summed E-state index contributed by atoms with van der Waals surface area (Å²) in [6.45, 7) is 0. The van der Waals surface area contributed by atoms with E-state index in [-0.39, 0.29) is 0 Å². The summed E-state index contributed by atoms with van der Waals surface area (Å²) in [5, 5.41) is 8.67. The number of carboxylic acids is 1. The number of fused-ring (bicyclic) bond motifs is 1. The summed E-state index contributed by atoms with van der Waals surface area (Å²) in [6.07, 6.45) is 1.66. The van der Waals surface area contributed by atoms with Crippen LogP contribution in [-0.4, -0.2) is 16.1 Å². The number of aromatic nitrogens is 1. The predicted molar refractivity (Wildman–Crippen MR) is 45.7 cm³/mol. The first-order valence-electron chi connectivity index (χ1n) is 3.33. The standard InChI is InChI=1S/C8H5NO2S/c10-8(11)5-1-6-3-9-4-12-7(6)2-5/h1-4H,(H,10,11). The summed E-state index contributed by atoms with van der Waals surface area (Å²) in [6, 6.07) is 3.28. The number of carboxylic acid groups (broad SMARTS) is 1. The van der Waals surface area contributed by atoms with Crippen molar-refractivity contribution in [3.05, 3.63) is 29.4 Å². The van der Waals surface area contributed by atoms with Crippen molar-refractivity contribution in [1.29, 1.82) is 0 Å². The maximum atomic E-state index is 10.6. The quantitative estimate of drug-likeness (QED) is 0.727. The smallest absolute Gasteiger partial charge is 0.335 e. The molecule has 0 amide bonds. The summed E-state index contributed by atoms with van der Waals surface area (Å²) in [5.74, 6) is -0.890. The molecule has 0 unspecified atom stereocenters. The van der Waals surface area contributed by atoms with E-state index in [1.807, 2.05) is 0 Å². The van der Waals surface area contributed by atoms with Gasteiger partial charge in [0.2, 0.25) is 0 Å². The first-order valence-corrected chi connectivity index (χ1v) is 4.21. The van der Waals surface area contributed by atoms with Crippen LogP contribution in [0.2, 0.25) is 0 Å². The molecule has 0 fully saturated rings. The summed E-state index contributed by atoms with van der Waals surface area (Å²) in [7, 11) is 0. The molecule has 2 rings (SSSR count). The van der Waals surface area contributed by atoms with Crippen LogP contribution in [0.1, 0.15) is 10.4 Å². The van der Waals surface area contributed by atoms with Crippen LogP contribution in [0.15, 0.2) is 23.8 Å². The second kappa shape index (κ2) is 2.57. The van der Waals surface area contributed by atoms with Crippen molar-refractivity contribution < 1.29 is 9.90 Å². The van der Waals surface area contributed by atoms with Gasteiger partial charge in [-0.3, -0.25) is 4.98 Å². The van der Waals surface area contributed by atoms with Gasteiger partial charge in [-0.05, 0) is 12.1 Å². The van der Waals surface area contributed by atoms with Gasteiger partial charge in [0, 0.05) is 16.6 Å². The molecule has 0 aromatic rings. The largest absolute Gasteiger partial charge is 0.478 e. The van der Waals surface area contributed by atoms with Gasteiger partial charge >= 0.3 is 5.97 Å². The lowest BCUT2D eigenvalue weighted by atomic mass is 10.3. The van der Waals surface area contributed by atoms with E-state index in [4.69, 9.17) is 5.11 Å². The highest BCUT2D eigenvalue weighted by atomic mass is 32.1. The van der Waals surface area contributed by atoms with Gasteiger partial charge in [0.15, 0.2) is 0 Å². The number of hydrogen-bond acceptors (Lipinski definition) is 3. The van der Waals surface area contributed by atoms with E-state index in [1.54, 1.807) is 23.8 Å². The molecule has 1 aliphatic heterocycles. The molecule has 0 spiro atoms. The van der Waals surface area contributed by atoms with E-state index in [1.165, 1.54) is 11.3 Å². The van der Waals surface area contributed by atoms with E-state index < -0.39 is 5.97 Å². The van der Waals surface area contributed by atoms with Crippen molar-refractivity contribution in [2.24, 2.45) is 0 Å². The van der Waals surface area contributed by atoms with Crippen molar-refractivity contribution in [2.75, 3.05) is 0 Å². The highest BCUT2D eigenvalue weighted by Gasteiger charge is 2.10. The highest BCUT2D eigenvalue weighted by Crippen LogP contribution is 2.28. The lowest BCUT2D eigenvalue weighted by molar-refractivity contribution is 0.0697. The van der Waals surface area contributed by atoms with Gasteiger partial charge in [0.05, 0.1) is 11.1 Å². The minimum Gasteiger partial charge on any atom is -0.478 e. The van der Waals surface area contributed by atoms with Crippen LogP contribution < -0.4 is 0 Å². The monoisotopic (exact) mass is 179 g/mol. The number of rotatable bonds is 1. The molecule has 0 saturated heterocycles. The minimum absolute atomic E-state index is 0.328. The Morgan fingerprint density at radius 2 is 2.33 bits per heavy atom. The molecule has 12 heavy (non-hydrogen) atoms. The topological polar surface area (TPSA) is 50.2 Å². The summed E-state index contributed by atoms with van der Waals surface area (Å²) >= 11 is 1.44. The Bertz CT molecular complexity index is 366. The van der Waals surface area contributed by atoms with Crippen LogP contribution in [0.25, 0.3) is 10.4 Å². The average molecular weight is 179 g/mol. The maximum absolute atomic E-state index is 10.6. The third kappa shape index (κ3) is 1.06. The van der Waals surface area contributed by atoms with Gasteiger partial charge in [0.1, 0.15) is 0 Å². The number of carbonyl (C=O) groups is 1. The molecule has 0 saturated carbocycles. The average Bonchev–Trinajstić information content (AvgIpc) is 2.46. The molecule has 0 radical (unpaired) electrons. The van der Waals surface area contributed by atoms with Crippen molar-refractivity contribution in [1.82, 2.24) is 4.98 Å². The second-order valence-electron chi connectivity index (χ2n) is 2.37. The molecule has 1 heterocycles. The predicted octanol–water partition coefficient (Wildman–Crippen LogP) is 1.95. The Morgan fingerprint density at radius 1 is 1.50 bits per heavy atom. The minimum atomic E-state index is -0.890. The highest BCUT2D eigenvalue weighted by molar-refractivity contribution is 7.13. The van der Waals surface area contributed by atoms with Crippen LogP contribution in [0.5, 0.6) is 0 Å². The van der Waals surface area contributed by atoms with Crippen molar-refractivity contribution in [3.63, 3.8) is 0 Å². The summed E-state index contributed by atoms with van der Waals surface area (Å²) < 4.78 is 0. The van der Waals surface area contributed by atoms with E-state index in [0.29, 0.717) is 5.56 Å². The van der Waals surface area contributed by atoms with E-state index >= 15 is 0 Å². The van der Waals surface area contributed by atoms with Gasteiger partial charge < -0.3 is 5.11 Å². The zero-order valence-electron chi connectivity index (χ0n) is 6.02. The normalized spacial score (nSPS) is 10.3. The van der Waals surface area contributed by atoms with Gasteiger partial charge in [-0.15, -0.1) is 11.3 Å². The fourth-order valence-electron chi connectivity index (χ4n) is 1.03. The number of nitrogens with zero attached hydrogens (tertiary/aromatic N) is 1. The Morgan fingerprint density at radius 3 is 3.00 bits per heavy atom. The van der Waals surface area contributed by atoms with Crippen LogP contribution >= 0.6 is 11.3 Å². The fraction of sp³-hybridized carbons (Fsp3) is 0.